The number of ether oxygens (including phenoxy) is 1. The van der Waals surface area contributed by atoms with Gasteiger partial charge in [0.05, 0.1) is 0 Å². The summed E-state index contributed by atoms with van der Waals surface area (Å²) in [6.07, 6.45) is 2.25. The highest BCUT2D eigenvalue weighted by atomic mass is 16.6. The van der Waals surface area contributed by atoms with E-state index in [4.69, 9.17) is 9.84 Å². The van der Waals surface area contributed by atoms with Crippen LogP contribution in [0.4, 0.5) is 0 Å². The van der Waals surface area contributed by atoms with Crippen molar-refractivity contribution in [2.75, 3.05) is 0 Å². The molecule has 1 aliphatic carbocycles. The molecule has 0 aromatic rings. The molecule has 0 spiro atoms. The standard InChI is InChI=1S/C13H24O3/c1-8(2)11-6-5-9(3)7-12(11)16-13(15)10(4)14/h8-12,14H,5-7H2,1-4H3/t9-,10+,11-,12+/m1/s1. The molecule has 1 aliphatic rings. The number of hydrogen-bond donors (Lipinski definition) is 1. The van der Waals surface area contributed by atoms with E-state index in [1.165, 1.54) is 13.3 Å². The van der Waals surface area contributed by atoms with E-state index in [0.29, 0.717) is 17.8 Å². The molecule has 0 heterocycles. The first-order valence-corrected chi connectivity index (χ1v) is 6.30. The molecule has 4 atom stereocenters. The number of esters is 1. The first-order valence-electron chi connectivity index (χ1n) is 6.30. The Hall–Kier alpha value is -0.570. The monoisotopic (exact) mass is 228 g/mol. The second kappa shape index (κ2) is 5.67. The summed E-state index contributed by atoms with van der Waals surface area (Å²) in [5, 5.41) is 9.17. The van der Waals surface area contributed by atoms with Crippen LogP contribution in [0.15, 0.2) is 0 Å². The summed E-state index contributed by atoms with van der Waals surface area (Å²) in [6, 6.07) is 0. The molecule has 0 aliphatic heterocycles. The van der Waals surface area contributed by atoms with Crippen LogP contribution in [0.2, 0.25) is 0 Å². The molecule has 16 heavy (non-hydrogen) atoms. The van der Waals surface area contributed by atoms with Crippen LogP contribution < -0.4 is 0 Å². The first kappa shape index (κ1) is 13.5. The van der Waals surface area contributed by atoms with Crippen molar-refractivity contribution in [3.05, 3.63) is 0 Å². The Morgan fingerprint density at radius 3 is 2.44 bits per heavy atom. The molecule has 0 aromatic heterocycles. The highest BCUT2D eigenvalue weighted by Gasteiger charge is 2.33. The number of carbonyl (C=O) groups is 1. The smallest absolute Gasteiger partial charge is 0.334 e. The molecule has 1 fully saturated rings. The summed E-state index contributed by atoms with van der Waals surface area (Å²) in [5.41, 5.74) is 0. The fraction of sp³-hybridized carbons (Fsp3) is 0.923. The molecule has 0 bridgehead atoms. The van der Waals surface area contributed by atoms with Crippen LogP contribution >= 0.6 is 0 Å². The van der Waals surface area contributed by atoms with Crippen molar-refractivity contribution < 1.29 is 14.6 Å². The van der Waals surface area contributed by atoms with E-state index < -0.39 is 12.1 Å². The predicted octanol–water partition coefficient (Wildman–Crippen LogP) is 2.37. The molecule has 0 unspecified atom stereocenters. The zero-order chi connectivity index (χ0) is 12.3. The van der Waals surface area contributed by atoms with Crippen LogP contribution in [0, 0.1) is 17.8 Å². The van der Waals surface area contributed by atoms with Gasteiger partial charge in [-0.25, -0.2) is 4.79 Å². The Balaban J connectivity index is 2.61. The van der Waals surface area contributed by atoms with Crippen LogP contribution in [0.1, 0.15) is 47.0 Å². The lowest BCUT2D eigenvalue weighted by atomic mass is 9.75. The molecule has 1 N–H and O–H groups in total. The van der Waals surface area contributed by atoms with Crippen molar-refractivity contribution in [3.8, 4) is 0 Å². The third-order valence-corrected chi connectivity index (χ3v) is 3.57. The maximum Gasteiger partial charge on any atom is 0.334 e. The van der Waals surface area contributed by atoms with Crippen LogP contribution in [0.3, 0.4) is 0 Å². The summed E-state index contributed by atoms with van der Waals surface area (Å²) < 4.78 is 5.41. The van der Waals surface area contributed by atoms with Gasteiger partial charge in [-0.3, -0.25) is 0 Å². The molecule has 0 aromatic carbocycles. The van der Waals surface area contributed by atoms with Gasteiger partial charge in [-0.1, -0.05) is 27.2 Å². The highest BCUT2D eigenvalue weighted by Crippen LogP contribution is 2.35. The average molecular weight is 228 g/mol. The summed E-state index contributed by atoms with van der Waals surface area (Å²) >= 11 is 0. The maximum atomic E-state index is 11.4. The lowest BCUT2D eigenvalue weighted by molar-refractivity contribution is -0.164. The van der Waals surface area contributed by atoms with E-state index in [0.717, 1.165) is 12.8 Å². The van der Waals surface area contributed by atoms with Gasteiger partial charge >= 0.3 is 5.97 Å². The highest BCUT2D eigenvalue weighted by molar-refractivity contribution is 5.74. The number of hydrogen-bond acceptors (Lipinski definition) is 3. The summed E-state index contributed by atoms with van der Waals surface area (Å²) in [5.74, 6) is 1.10. The van der Waals surface area contributed by atoms with Crippen molar-refractivity contribution in [3.63, 3.8) is 0 Å². The van der Waals surface area contributed by atoms with Gasteiger partial charge in [0.2, 0.25) is 0 Å². The van der Waals surface area contributed by atoms with Crippen molar-refractivity contribution in [2.45, 2.75) is 59.2 Å². The van der Waals surface area contributed by atoms with Gasteiger partial charge in [-0.2, -0.15) is 0 Å². The van der Waals surface area contributed by atoms with Crippen molar-refractivity contribution in [1.29, 1.82) is 0 Å². The summed E-state index contributed by atoms with van der Waals surface area (Å²) in [7, 11) is 0. The summed E-state index contributed by atoms with van der Waals surface area (Å²) in [6.45, 7) is 7.99. The molecule has 3 heteroatoms. The molecule has 0 radical (unpaired) electrons. The normalized spacial score (nSPS) is 32.5. The second-order valence-corrected chi connectivity index (χ2v) is 5.48. The van der Waals surface area contributed by atoms with E-state index in [2.05, 4.69) is 20.8 Å². The minimum Gasteiger partial charge on any atom is -0.460 e. The molecule has 94 valence electrons. The van der Waals surface area contributed by atoms with Crippen LogP contribution in [0.25, 0.3) is 0 Å². The Morgan fingerprint density at radius 1 is 1.31 bits per heavy atom. The molecule has 0 amide bonds. The minimum atomic E-state index is -1.01. The van der Waals surface area contributed by atoms with E-state index >= 15 is 0 Å². The largest absolute Gasteiger partial charge is 0.460 e. The third-order valence-electron chi connectivity index (χ3n) is 3.57. The molecule has 3 nitrogen and oxygen atoms in total. The van der Waals surface area contributed by atoms with E-state index in [9.17, 15) is 4.79 Å². The van der Waals surface area contributed by atoms with Gasteiger partial charge in [-0.15, -0.1) is 0 Å². The third kappa shape index (κ3) is 3.48. The Bertz CT molecular complexity index is 235. The van der Waals surface area contributed by atoms with Crippen molar-refractivity contribution in [2.24, 2.45) is 17.8 Å². The van der Waals surface area contributed by atoms with E-state index in [1.54, 1.807) is 0 Å². The second-order valence-electron chi connectivity index (χ2n) is 5.48. The maximum absolute atomic E-state index is 11.4. The minimum absolute atomic E-state index is 0.00847. The number of carbonyl (C=O) groups excluding carboxylic acids is 1. The van der Waals surface area contributed by atoms with Gasteiger partial charge in [0.15, 0.2) is 0 Å². The van der Waals surface area contributed by atoms with Crippen LogP contribution in [-0.2, 0) is 9.53 Å². The average Bonchev–Trinajstić information content (AvgIpc) is 2.16. The molecule has 1 rings (SSSR count). The number of aliphatic hydroxyl groups excluding tert-OH is 1. The zero-order valence-electron chi connectivity index (χ0n) is 10.8. The zero-order valence-corrected chi connectivity index (χ0v) is 10.8. The SMILES string of the molecule is CC(C)[C@H]1CC[C@@H](C)C[C@@H]1OC(=O)[C@H](C)O. The summed E-state index contributed by atoms with van der Waals surface area (Å²) in [4.78, 5) is 11.4. The molecular formula is C13H24O3. The number of rotatable bonds is 3. The molecular weight excluding hydrogens is 204 g/mol. The van der Waals surface area contributed by atoms with E-state index in [1.807, 2.05) is 0 Å². The fourth-order valence-electron chi connectivity index (χ4n) is 2.50. The topological polar surface area (TPSA) is 46.5 Å². The van der Waals surface area contributed by atoms with Crippen LogP contribution in [0.5, 0.6) is 0 Å². The van der Waals surface area contributed by atoms with Crippen molar-refractivity contribution in [1.82, 2.24) is 0 Å². The van der Waals surface area contributed by atoms with Gasteiger partial charge in [0, 0.05) is 0 Å². The van der Waals surface area contributed by atoms with Crippen molar-refractivity contribution >= 4 is 5.97 Å². The first-order chi connectivity index (χ1) is 7.41. The fourth-order valence-corrected chi connectivity index (χ4v) is 2.50. The Morgan fingerprint density at radius 2 is 1.94 bits per heavy atom. The Labute approximate surface area is 98.2 Å². The lowest BCUT2D eigenvalue weighted by Crippen LogP contribution is -2.37. The van der Waals surface area contributed by atoms with Gasteiger partial charge < -0.3 is 9.84 Å². The lowest BCUT2D eigenvalue weighted by Gasteiger charge is -2.36. The quantitative estimate of drug-likeness (QED) is 0.754. The molecule has 0 saturated heterocycles. The van der Waals surface area contributed by atoms with E-state index in [-0.39, 0.29) is 6.10 Å². The Kier molecular flexibility index (Phi) is 4.78. The van der Waals surface area contributed by atoms with Crippen LogP contribution in [-0.4, -0.2) is 23.3 Å². The van der Waals surface area contributed by atoms with Gasteiger partial charge in [-0.05, 0) is 37.5 Å². The molecule has 1 saturated carbocycles. The van der Waals surface area contributed by atoms with Gasteiger partial charge in [0.1, 0.15) is 12.2 Å². The number of aliphatic hydroxyl groups is 1. The van der Waals surface area contributed by atoms with Gasteiger partial charge in [0.25, 0.3) is 0 Å². The predicted molar refractivity (Wildman–Crippen MR) is 62.9 cm³/mol.